The zero-order valence-corrected chi connectivity index (χ0v) is 22.8. The Labute approximate surface area is 237 Å². The van der Waals surface area contributed by atoms with Gasteiger partial charge in [0.15, 0.2) is 4.80 Å². The molecule has 1 aliphatic carbocycles. The number of rotatable bonds is 4. The van der Waals surface area contributed by atoms with Gasteiger partial charge in [-0.05, 0) is 83.5 Å². The summed E-state index contributed by atoms with van der Waals surface area (Å²) >= 11 is 13.6. The number of allylic oxidation sites excluding steroid dienone is 2. The van der Waals surface area contributed by atoms with Crippen molar-refractivity contribution in [2.24, 2.45) is 4.99 Å². The summed E-state index contributed by atoms with van der Waals surface area (Å²) in [7, 11) is 0. The average molecular weight is 574 g/mol. The van der Waals surface area contributed by atoms with Crippen molar-refractivity contribution in [3.05, 3.63) is 146 Å². The Balaban J connectivity index is 1.56. The number of nitrogens with zero attached hydrogens (tertiary/aromatic N) is 3. The quantitative estimate of drug-likeness (QED) is 0.201. The summed E-state index contributed by atoms with van der Waals surface area (Å²) in [5.74, 6) is 0. The molecule has 0 radical (unpaired) electrons. The van der Waals surface area contributed by atoms with E-state index in [0.717, 1.165) is 47.2 Å². The Kier molecular flexibility index (Phi) is 6.81. The second-order valence-electron chi connectivity index (χ2n) is 9.43. The molecule has 2 heterocycles. The molecule has 6 rings (SSSR count). The van der Waals surface area contributed by atoms with Gasteiger partial charge in [-0.1, -0.05) is 70.9 Å². The smallest absolute Gasteiger partial charge is 0.271 e. The van der Waals surface area contributed by atoms with E-state index in [-0.39, 0.29) is 17.3 Å². The zero-order valence-electron chi connectivity index (χ0n) is 20.5. The number of nitro benzene ring substituents is 1. The molecule has 3 aromatic carbocycles. The van der Waals surface area contributed by atoms with Crippen molar-refractivity contribution in [1.82, 2.24) is 4.57 Å². The molecule has 1 aromatic heterocycles. The van der Waals surface area contributed by atoms with E-state index in [4.69, 9.17) is 28.2 Å². The summed E-state index contributed by atoms with van der Waals surface area (Å²) in [4.78, 5) is 30.3. The average Bonchev–Trinajstić information content (AvgIpc) is 3.24. The van der Waals surface area contributed by atoms with Crippen LogP contribution in [0.15, 0.2) is 99.4 Å². The van der Waals surface area contributed by atoms with Crippen LogP contribution >= 0.6 is 34.5 Å². The van der Waals surface area contributed by atoms with E-state index in [9.17, 15) is 14.9 Å². The normalized spacial score (nSPS) is 18.1. The fourth-order valence-corrected chi connectivity index (χ4v) is 6.39. The Hall–Kier alpha value is -3.78. The molecular weight excluding hydrogens is 553 g/mol. The fourth-order valence-electron chi connectivity index (χ4n) is 5.14. The summed E-state index contributed by atoms with van der Waals surface area (Å²) in [6, 6.07) is 21.2. The highest BCUT2D eigenvalue weighted by Crippen LogP contribution is 2.41. The SMILES string of the molecule is O=c1/c(=C/c2cccc([N+](=O)[O-])c2)sc2n1C(c1ccc(Cl)cc1)C1=C(N=2)/C(=C/c2ccc(Cl)cc2)CCC1. The lowest BCUT2D eigenvalue weighted by molar-refractivity contribution is -0.384. The van der Waals surface area contributed by atoms with Crippen molar-refractivity contribution in [3.8, 4) is 0 Å². The second kappa shape index (κ2) is 10.4. The third-order valence-electron chi connectivity index (χ3n) is 6.91. The van der Waals surface area contributed by atoms with E-state index < -0.39 is 4.92 Å². The van der Waals surface area contributed by atoms with E-state index in [2.05, 4.69) is 6.08 Å². The van der Waals surface area contributed by atoms with E-state index >= 15 is 0 Å². The number of thiazole rings is 1. The molecular formula is C30H21Cl2N3O3S. The number of nitro groups is 1. The molecule has 0 N–H and O–H groups in total. The predicted octanol–water partition coefficient (Wildman–Crippen LogP) is 6.70. The lowest BCUT2D eigenvalue weighted by Gasteiger charge is -2.31. The van der Waals surface area contributed by atoms with Crippen LogP contribution in [0.2, 0.25) is 10.0 Å². The first-order valence-corrected chi connectivity index (χ1v) is 14.0. The number of hydrogen-bond donors (Lipinski definition) is 0. The van der Waals surface area contributed by atoms with Gasteiger partial charge in [-0.15, -0.1) is 0 Å². The van der Waals surface area contributed by atoms with Crippen molar-refractivity contribution >= 4 is 52.4 Å². The van der Waals surface area contributed by atoms with Crippen LogP contribution in [0.5, 0.6) is 0 Å². The Morgan fingerprint density at radius 3 is 2.38 bits per heavy atom. The van der Waals surface area contributed by atoms with Gasteiger partial charge in [0.25, 0.3) is 11.2 Å². The van der Waals surface area contributed by atoms with Gasteiger partial charge in [0.05, 0.1) is 21.2 Å². The summed E-state index contributed by atoms with van der Waals surface area (Å²) in [5, 5.41) is 12.6. The molecule has 0 saturated heterocycles. The van der Waals surface area contributed by atoms with Crippen LogP contribution in [0.1, 0.15) is 42.0 Å². The second-order valence-corrected chi connectivity index (χ2v) is 11.3. The van der Waals surface area contributed by atoms with Crippen LogP contribution in [0.3, 0.4) is 0 Å². The summed E-state index contributed by atoms with van der Waals surface area (Å²) in [5.41, 5.74) is 5.51. The van der Waals surface area contributed by atoms with E-state index in [1.54, 1.807) is 22.8 Å². The Morgan fingerprint density at radius 2 is 1.67 bits per heavy atom. The van der Waals surface area contributed by atoms with Crippen LogP contribution < -0.4 is 14.9 Å². The zero-order chi connectivity index (χ0) is 27.1. The Morgan fingerprint density at radius 1 is 0.949 bits per heavy atom. The topological polar surface area (TPSA) is 77.5 Å². The van der Waals surface area contributed by atoms with Gasteiger partial charge in [0.1, 0.15) is 0 Å². The number of aromatic nitrogens is 1. The van der Waals surface area contributed by atoms with Crippen LogP contribution in [0.4, 0.5) is 5.69 Å². The van der Waals surface area contributed by atoms with Crippen LogP contribution in [0, 0.1) is 10.1 Å². The molecule has 0 amide bonds. The molecule has 0 spiro atoms. The molecule has 39 heavy (non-hydrogen) atoms. The van der Waals surface area contributed by atoms with Crippen molar-refractivity contribution in [2.75, 3.05) is 0 Å². The first-order valence-electron chi connectivity index (χ1n) is 12.4. The van der Waals surface area contributed by atoms with E-state index in [1.165, 1.54) is 23.5 Å². The number of non-ortho nitro benzene ring substituents is 1. The van der Waals surface area contributed by atoms with Gasteiger partial charge in [-0.3, -0.25) is 19.5 Å². The number of fused-ring (bicyclic) bond motifs is 1. The lowest BCUT2D eigenvalue weighted by atomic mass is 9.84. The first-order chi connectivity index (χ1) is 18.9. The van der Waals surface area contributed by atoms with Gasteiger partial charge in [-0.2, -0.15) is 0 Å². The van der Waals surface area contributed by atoms with Gasteiger partial charge in [0.2, 0.25) is 0 Å². The standard InChI is InChI=1S/C30H21Cl2N3O3S/c31-22-11-7-18(8-12-22)15-21-4-2-6-25-27(21)33-30-34(28(25)20-9-13-23(32)14-10-20)29(36)26(39-30)17-19-3-1-5-24(16-19)35(37)38/h1,3,5,7-17,28H,2,4,6H2/b21-15+,26-17-. The molecule has 0 bridgehead atoms. The van der Waals surface area contributed by atoms with Gasteiger partial charge in [-0.25, -0.2) is 4.99 Å². The number of halogens is 2. The number of hydrogen-bond acceptors (Lipinski definition) is 5. The number of benzene rings is 3. The highest BCUT2D eigenvalue weighted by Gasteiger charge is 2.32. The molecule has 1 unspecified atom stereocenters. The molecule has 4 aromatic rings. The third-order valence-corrected chi connectivity index (χ3v) is 8.40. The highest BCUT2D eigenvalue weighted by atomic mass is 35.5. The highest BCUT2D eigenvalue weighted by molar-refractivity contribution is 7.07. The van der Waals surface area contributed by atoms with Crippen molar-refractivity contribution in [3.63, 3.8) is 0 Å². The van der Waals surface area contributed by atoms with Crippen LogP contribution in [0.25, 0.3) is 12.2 Å². The molecule has 194 valence electrons. The van der Waals surface area contributed by atoms with Crippen molar-refractivity contribution in [1.29, 1.82) is 0 Å². The maximum Gasteiger partial charge on any atom is 0.271 e. The van der Waals surface area contributed by atoms with Gasteiger partial charge >= 0.3 is 0 Å². The third kappa shape index (κ3) is 5.01. The van der Waals surface area contributed by atoms with Gasteiger partial charge in [0, 0.05) is 22.2 Å². The molecule has 2 aliphatic rings. The maximum atomic E-state index is 13.8. The molecule has 0 saturated carbocycles. The minimum absolute atomic E-state index is 0.0250. The molecule has 1 atom stereocenters. The van der Waals surface area contributed by atoms with Crippen LogP contribution in [-0.2, 0) is 0 Å². The predicted molar refractivity (Wildman–Crippen MR) is 156 cm³/mol. The molecule has 9 heteroatoms. The summed E-state index contributed by atoms with van der Waals surface area (Å²) in [6.07, 6.45) is 6.48. The van der Waals surface area contributed by atoms with E-state index in [1.807, 2.05) is 48.5 Å². The summed E-state index contributed by atoms with van der Waals surface area (Å²) < 4.78 is 2.22. The first kappa shape index (κ1) is 25.5. The monoisotopic (exact) mass is 573 g/mol. The fraction of sp³-hybridized carbons (Fsp3) is 0.133. The van der Waals surface area contributed by atoms with Crippen molar-refractivity contribution in [2.45, 2.75) is 25.3 Å². The minimum atomic E-state index is -0.442. The summed E-state index contributed by atoms with van der Waals surface area (Å²) in [6.45, 7) is 0. The Bertz CT molecular complexity index is 1850. The molecule has 1 aliphatic heterocycles. The maximum absolute atomic E-state index is 13.8. The minimum Gasteiger partial charge on any atom is -0.272 e. The van der Waals surface area contributed by atoms with E-state index in [0.29, 0.717) is 24.9 Å². The van der Waals surface area contributed by atoms with Crippen LogP contribution in [-0.4, -0.2) is 9.49 Å². The van der Waals surface area contributed by atoms with Gasteiger partial charge < -0.3 is 0 Å². The van der Waals surface area contributed by atoms with Crippen molar-refractivity contribution < 1.29 is 4.92 Å². The molecule has 0 fully saturated rings. The molecule has 6 nitrogen and oxygen atoms in total. The largest absolute Gasteiger partial charge is 0.272 e. The lowest BCUT2D eigenvalue weighted by Crippen LogP contribution is -2.39.